The molecule has 0 amide bonds. The Balaban J connectivity index is 1.80. The Labute approximate surface area is 128 Å². The van der Waals surface area contributed by atoms with Gasteiger partial charge in [-0.15, -0.1) is 0 Å². The second kappa shape index (κ2) is 4.55. The molecule has 0 N–H and O–H groups in total. The molecule has 1 aliphatic heterocycles. The van der Waals surface area contributed by atoms with E-state index in [0.29, 0.717) is 4.90 Å². The lowest BCUT2D eigenvalue weighted by atomic mass is 10.1. The first kappa shape index (κ1) is 13.3. The summed E-state index contributed by atoms with van der Waals surface area (Å²) in [6.45, 7) is 0.721. The average molecular weight is 311 g/mol. The minimum absolute atomic E-state index is 0.344. The monoisotopic (exact) mass is 311 g/mol. The SMILES string of the molecule is CS(=O)(=O)c1ccc([N+]2=Cc3cccc4ccn(c34)C2)cc1. The minimum Gasteiger partial charge on any atom is -0.291 e. The highest BCUT2D eigenvalue weighted by Crippen LogP contribution is 2.25. The van der Waals surface area contributed by atoms with E-state index in [-0.39, 0.29) is 0 Å². The molecule has 1 aliphatic rings. The third-order valence-corrected chi connectivity index (χ3v) is 5.14. The number of rotatable bonds is 2. The molecule has 5 heteroatoms. The van der Waals surface area contributed by atoms with Gasteiger partial charge >= 0.3 is 0 Å². The van der Waals surface area contributed by atoms with Crippen LogP contribution in [-0.2, 0) is 16.5 Å². The van der Waals surface area contributed by atoms with Gasteiger partial charge in [0.15, 0.2) is 16.1 Å². The second-order valence-electron chi connectivity index (χ2n) is 5.58. The van der Waals surface area contributed by atoms with Crippen LogP contribution in [0.3, 0.4) is 0 Å². The quantitative estimate of drug-likeness (QED) is 0.683. The van der Waals surface area contributed by atoms with Crippen LogP contribution in [0, 0.1) is 0 Å². The van der Waals surface area contributed by atoms with Crippen LogP contribution >= 0.6 is 0 Å². The molecule has 0 saturated heterocycles. The molecule has 1 aromatic heterocycles. The summed E-state index contributed by atoms with van der Waals surface area (Å²) in [5.74, 6) is 0. The van der Waals surface area contributed by atoms with Gasteiger partial charge < -0.3 is 0 Å². The van der Waals surface area contributed by atoms with E-state index in [2.05, 4.69) is 45.8 Å². The first-order valence-electron chi connectivity index (χ1n) is 7.02. The van der Waals surface area contributed by atoms with Gasteiger partial charge in [0.05, 0.1) is 16.0 Å². The molecule has 0 fully saturated rings. The zero-order chi connectivity index (χ0) is 15.3. The van der Waals surface area contributed by atoms with Gasteiger partial charge in [0.2, 0.25) is 12.4 Å². The number of para-hydroxylation sites is 1. The van der Waals surface area contributed by atoms with Gasteiger partial charge in [-0.25, -0.2) is 8.42 Å². The Morgan fingerprint density at radius 2 is 1.82 bits per heavy atom. The molecule has 110 valence electrons. The van der Waals surface area contributed by atoms with E-state index in [4.69, 9.17) is 0 Å². The number of sulfone groups is 1. The van der Waals surface area contributed by atoms with Gasteiger partial charge in [0, 0.05) is 30.0 Å². The van der Waals surface area contributed by atoms with E-state index >= 15 is 0 Å². The van der Waals surface area contributed by atoms with E-state index in [1.54, 1.807) is 12.1 Å². The number of hydrogen-bond donors (Lipinski definition) is 0. The van der Waals surface area contributed by atoms with Crippen LogP contribution in [-0.4, -0.2) is 30.0 Å². The normalized spacial score (nSPS) is 14.1. The van der Waals surface area contributed by atoms with E-state index in [1.807, 2.05) is 12.1 Å². The summed E-state index contributed by atoms with van der Waals surface area (Å²) in [6, 6.07) is 15.4. The van der Waals surface area contributed by atoms with E-state index in [1.165, 1.54) is 22.7 Å². The topological polar surface area (TPSA) is 42.1 Å². The van der Waals surface area contributed by atoms with Crippen molar-refractivity contribution in [2.75, 3.05) is 6.26 Å². The smallest absolute Gasteiger partial charge is 0.228 e. The van der Waals surface area contributed by atoms with E-state index in [9.17, 15) is 8.42 Å². The van der Waals surface area contributed by atoms with Crippen molar-refractivity contribution in [3.8, 4) is 0 Å². The standard InChI is InChI=1S/C17H15N2O2S/c1-22(20,21)16-7-5-15(6-8-16)19-11-14-4-2-3-13-9-10-18(12-19)17(13)14/h2-11H,12H2,1H3/q+1. The summed E-state index contributed by atoms with van der Waals surface area (Å²) in [5, 5.41) is 1.24. The Kier molecular flexibility index (Phi) is 2.74. The molecular weight excluding hydrogens is 296 g/mol. The summed E-state index contributed by atoms with van der Waals surface area (Å²) in [4.78, 5) is 0.344. The van der Waals surface area contributed by atoms with E-state index in [0.717, 1.165) is 12.4 Å². The first-order chi connectivity index (χ1) is 10.5. The van der Waals surface area contributed by atoms with Crippen molar-refractivity contribution in [3.05, 3.63) is 60.3 Å². The van der Waals surface area contributed by atoms with Crippen molar-refractivity contribution in [1.29, 1.82) is 0 Å². The van der Waals surface area contributed by atoms with Crippen LogP contribution in [0.1, 0.15) is 5.56 Å². The number of hydrogen-bond acceptors (Lipinski definition) is 2. The summed E-state index contributed by atoms with van der Waals surface area (Å²) < 4.78 is 27.4. The van der Waals surface area contributed by atoms with Crippen LogP contribution in [0.25, 0.3) is 10.9 Å². The van der Waals surface area contributed by atoms with Gasteiger partial charge in [0.1, 0.15) is 0 Å². The highest BCUT2D eigenvalue weighted by Gasteiger charge is 2.20. The van der Waals surface area contributed by atoms with E-state index < -0.39 is 9.84 Å². The fraction of sp³-hybridized carbons (Fsp3) is 0.118. The molecule has 0 bridgehead atoms. The molecule has 0 atom stereocenters. The van der Waals surface area contributed by atoms with Crippen LogP contribution in [0.15, 0.2) is 59.6 Å². The second-order valence-corrected chi connectivity index (χ2v) is 7.59. The lowest BCUT2D eigenvalue weighted by Gasteiger charge is -2.12. The molecule has 0 radical (unpaired) electrons. The number of aromatic nitrogens is 1. The van der Waals surface area contributed by atoms with Crippen molar-refractivity contribution in [2.45, 2.75) is 11.6 Å². The van der Waals surface area contributed by atoms with Gasteiger partial charge in [0.25, 0.3) is 0 Å². The van der Waals surface area contributed by atoms with Gasteiger partial charge in [-0.1, -0.05) is 12.1 Å². The maximum Gasteiger partial charge on any atom is 0.228 e. The van der Waals surface area contributed by atoms with Crippen molar-refractivity contribution >= 4 is 32.6 Å². The van der Waals surface area contributed by atoms with Crippen LogP contribution in [0.2, 0.25) is 0 Å². The zero-order valence-electron chi connectivity index (χ0n) is 12.1. The highest BCUT2D eigenvalue weighted by atomic mass is 32.2. The van der Waals surface area contributed by atoms with Gasteiger partial charge in [-0.05, 0) is 24.3 Å². The van der Waals surface area contributed by atoms with Crippen molar-refractivity contribution in [2.24, 2.45) is 0 Å². The summed E-state index contributed by atoms with van der Waals surface area (Å²) in [5.41, 5.74) is 3.39. The Hall–Kier alpha value is -2.40. The first-order valence-corrected chi connectivity index (χ1v) is 8.91. The van der Waals surface area contributed by atoms with Crippen LogP contribution in [0.4, 0.5) is 5.69 Å². The third-order valence-electron chi connectivity index (χ3n) is 4.02. The van der Waals surface area contributed by atoms with Crippen molar-refractivity contribution in [3.63, 3.8) is 0 Å². The predicted molar refractivity (Wildman–Crippen MR) is 86.6 cm³/mol. The summed E-state index contributed by atoms with van der Waals surface area (Å²) in [7, 11) is -3.16. The molecule has 0 aliphatic carbocycles. The summed E-state index contributed by atoms with van der Waals surface area (Å²) in [6.07, 6.45) is 5.42. The molecule has 2 aromatic carbocycles. The Bertz CT molecular complexity index is 1010. The molecule has 2 heterocycles. The predicted octanol–water partition coefficient (Wildman–Crippen LogP) is 2.78. The highest BCUT2D eigenvalue weighted by molar-refractivity contribution is 7.90. The van der Waals surface area contributed by atoms with Gasteiger partial charge in [-0.3, -0.25) is 4.57 Å². The molecule has 3 aromatic rings. The lowest BCUT2D eigenvalue weighted by molar-refractivity contribution is -0.471. The average Bonchev–Trinajstić information content (AvgIpc) is 2.92. The molecule has 22 heavy (non-hydrogen) atoms. The molecule has 4 nitrogen and oxygen atoms in total. The minimum atomic E-state index is -3.16. The Morgan fingerprint density at radius 1 is 1.05 bits per heavy atom. The third kappa shape index (κ3) is 2.05. The van der Waals surface area contributed by atoms with Crippen molar-refractivity contribution in [1.82, 2.24) is 4.57 Å². The van der Waals surface area contributed by atoms with Crippen LogP contribution in [0.5, 0.6) is 0 Å². The molecule has 0 saturated carbocycles. The van der Waals surface area contributed by atoms with Gasteiger partial charge in [-0.2, -0.15) is 4.58 Å². The molecule has 4 rings (SSSR count). The fourth-order valence-corrected chi connectivity index (χ4v) is 3.56. The molecular formula is C17H15N2O2S+. The maximum atomic E-state index is 11.6. The lowest BCUT2D eigenvalue weighted by Crippen LogP contribution is -2.18. The zero-order valence-corrected chi connectivity index (χ0v) is 12.9. The largest absolute Gasteiger partial charge is 0.291 e. The molecule has 0 spiro atoms. The Morgan fingerprint density at radius 3 is 2.55 bits per heavy atom. The number of benzene rings is 2. The summed E-state index contributed by atoms with van der Waals surface area (Å²) >= 11 is 0. The number of nitrogens with zero attached hydrogens (tertiary/aromatic N) is 2. The van der Waals surface area contributed by atoms with Crippen LogP contribution < -0.4 is 0 Å². The maximum absolute atomic E-state index is 11.6. The van der Waals surface area contributed by atoms with Crippen molar-refractivity contribution < 1.29 is 13.0 Å². The fourth-order valence-electron chi connectivity index (χ4n) is 2.93. The molecule has 0 unspecified atom stereocenters.